The predicted molar refractivity (Wildman–Crippen MR) is 90.8 cm³/mol. The van der Waals surface area contributed by atoms with Gasteiger partial charge in [0.2, 0.25) is 5.52 Å². The molecule has 132 valence electrons. The van der Waals surface area contributed by atoms with Gasteiger partial charge in [-0.15, -0.1) is 0 Å². The zero-order valence-electron chi connectivity index (χ0n) is 15.1. The first-order chi connectivity index (χ1) is 11.2. The van der Waals surface area contributed by atoms with Crippen molar-refractivity contribution in [2.24, 2.45) is 0 Å². The number of carboxylic acids is 1. The number of aliphatic carboxylic acids is 1. The Bertz CT molecular complexity index is 829. The van der Waals surface area contributed by atoms with Crippen molar-refractivity contribution in [1.82, 2.24) is 0 Å². The molecule has 6 nitrogen and oxygen atoms in total. The summed E-state index contributed by atoms with van der Waals surface area (Å²) in [7, 11) is -4.49. The maximum Gasteiger partial charge on any atom is 1.00 e. The third-order valence-electron chi connectivity index (χ3n) is 3.44. The first-order valence-corrected chi connectivity index (χ1v) is 8.71. The average Bonchev–Trinajstić information content (AvgIpc) is 2.53. The largest absolute Gasteiger partial charge is 1.00 e. The van der Waals surface area contributed by atoms with Gasteiger partial charge in [-0.05, 0) is 37.1 Å². The van der Waals surface area contributed by atoms with Gasteiger partial charge in [-0.2, -0.15) is 0 Å². The van der Waals surface area contributed by atoms with Gasteiger partial charge >= 0.3 is 59.1 Å². The molecular weight excluding hydrogens is 377 g/mol. The van der Waals surface area contributed by atoms with Crippen molar-refractivity contribution >= 4 is 24.2 Å². The van der Waals surface area contributed by atoms with Crippen LogP contribution in [-0.2, 0) is 9.36 Å². The summed E-state index contributed by atoms with van der Waals surface area (Å²) < 4.78 is 17.5. The molecule has 0 N–H and O–H groups in total. The molecule has 0 heterocycles. The van der Waals surface area contributed by atoms with E-state index in [1.807, 2.05) is 0 Å². The number of carboxylic acid groups (broad SMARTS) is 1. The summed E-state index contributed by atoms with van der Waals surface area (Å²) in [6, 6.07) is 10.3. The van der Waals surface area contributed by atoms with Gasteiger partial charge in [0.05, 0.1) is 5.97 Å². The molecule has 0 aliphatic heterocycles. The zero-order chi connectivity index (χ0) is 17.9. The molecular formula is C17H21Na2O6P. The number of carbonyl (C=O) groups is 2. The standard InChI is InChI=1S/C17H17O6P.2Na.3H2/c1-11-8-13(23-10-15(18)19)9-12(2)16(11)17(20)24(21,22)14-6-4-3-5-7-14;;;;;/h3-9H,10H2,1-2H3,(H,18,19)(H,21,22);;;3*1H/q;2*+1;;;/p-2. The molecule has 0 amide bonds. The number of aryl methyl sites for hydroxylation is 2. The maximum atomic E-state index is 12.6. The minimum Gasteiger partial charge on any atom is -0.790 e. The molecule has 2 rings (SSSR count). The van der Waals surface area contributed by atoms with Crippen LogP contribution < -0.4 is 79.2 Å². The second-order valence-electron chi connectivity index (χ2n) is 5.28. The van der Waals surface area contributed by atoms with E-state index in [1.54, 1.807) is 32.0 Å². The molecule has 2 aromatic carbocycles. The van der Waals surface area contributed by atoms with Crippen LogP contribution in [0.1, 0.15) is 25.8 Å². The Balaban J connectivity index is -0.000000625. The van der Waals surface area contributed by atoms with Crippen molar-refractivity contribution in [2.45, 2.75) is 13.8 Å². The van der Waals surface area contributed by atoms with Crippen LogP contribution >= 0.6 is 7.37 Å². The molecule has 0 aromatic heterocycles. The molecule has 1 atom stereocenters. The van der Waals surface area contributed by atoms with Crippen molar-refractivity contribution in [2.75, 3.05) is 6.61 Å². The molecule has 0 aliphatic rings. The minimum atomic E-state index is -4.49. The van der Waals surface area contributed by atoms with E-state index in [1.165, 1.54) is 24.3 Å². The monoisotopic (exact) mass is 398 g/mol. The van der Waals surface area contributed by atoms with Crippen LogP contribution in [0.4, 0.5) is 0 Å². The molecule has 0 saturated heterocycles. The van der Waals surface area contributed by atoms with Crippen LogP contribution in [0.15, 0.2) is 42.5 Å². The van der Waals surface area contributed by atoms with Crippen molar-refractivity contribution in [3.63, 3.8) is 0 Å². The van der Waals surface area contributed by atoms with Gasteiger partial charge in [-0.25, -0.2) is 0 Å². The van der Waals surface area contributed by atoms with Crippen LogP contribution in [0.3, 0.4) is 0 Å². The van der Waals surface area contributed by atoms with Gasteiger partial charge in [0.25, 0.3) is 0 Å². The first-order valence-electron chi connectivity index (χ1n) is 7.09. The summed E-state index contributed by atoms with van der Waals surface area (Å²) in [5.74, 6) is -1.15. The number of benzene rings is 2. The quantitative estimate of drug-likeness (QED) is 0.358. The summed E-state index contributed by atoms with van der Waals surface area (Å²) in [6.07, 6.45) is 0. The summed E-state index contributed by atoms with van der Waals surface area (Å²) in [5.41, 5.74) is -0.131. The number of ether oxygens (including phenoxy) is 1. The van der Waals surface area contributed by atoms with E-state index in [2.05, 4.69) is 0 Å². The third-order valence-corrected chi connectivity index (χ3v) is 5.18. The topological polar surface area (TPSA) is 107 Å². The van der Waals surface area contributed by atoms with Gasteiger partial charge in [0, 0.05) is 15.1 Å². The van der Waals surface area contributed by atoms with Crippen LogP contribution in [0.5, 0.6) is 5.75 Å². The van der Waals surface area contributed by atoms with Gasteiger partial charge in [0.15, 0.2) is 0 Å². The van der Waals surface area contributed by atoms with Gasteiger partial charge in [-0.1, -0.05) is 30.3 Å². The van der Waals surface area contributed by atoms with E-state index in [-0.39, 0.29) is 80.0 Å². The van der Waals surface area contributed by atoms with Crippen molar-refractivity contribution in [3.8, 4) is 5.75 Å². The molecule has 0 spiro atoms. The minimum absolute atomic E-state index is 0. The van der Waals surface area contributed by atoms with E-state index in [0.717, 1.165) is 0 Å². The normalized spacial score (nSPS) is 12.1. The third kappa shape index (κ3) is 6.04. The Morgan fingerprint density at radius 2 is 1.58 bits per heavy atom. The predicted octanol–water partition coefficient (Wildman–Crippen LogP) is -4.72. The maximum absolute atomic E-state index is 12.6. The molecule has 1 unspecified atom stereocenters. The van der Waals surface area contributed by atoms with Gasteiger partial charge in [-0.3, -0.25) is 4.79 Å². The summed E-state index contributed by atoms with van der Waals surface area (Å²) in [4.78, 5) is 35.5. The number of carbonyl (C=O) groups excluding carboxylic acids is 2. The summed E-state index contributed by atoms with van der Waals surface area (Å²) >= 11 is 0. The van der Waals surface area contributed by atoms with E-state index in [9.17, 15) is 24.2 Å². The number of rotatable bonds is 6. The molecule has 26 heavy (non-hydrogen) atoms. The average molecular weight is 398 g/mol. The first kappa shape index (κ1) is 25.6. The van der Waals surface area contributed by atoms with Gasteiger partial charge < -0.3 is 24.1 Å². The Labute approximate surface area is 200 Å². The second-order valence-corrected chi connectivity index (χ2v) is 7.31. The molecule has 0 aliphatic carbocycles. The van der Waals surface area contributed by atoms with E-state index < -0.39 is 25.5 Å². The second kappa shape index (κ2) is 10.8. The molecule has 0 fully saturated rings. The Kier molecular flexibility index (Phi) is 10.6. The van der Waals surface area contributed by atoms with E-state index in [4.69, 9.17) is 4.74 Å². The van der Waals surface area contributed by atoms with Gasteiger partial charge in [0.1, 0.15) is 19.7 Å². The fraction of sp³-hybridized carbons (Fsp3) is 0.176. The van der Waals surface area contributed by atoms with Crippen LogP contribution in [0, 0.1) is 13.8 Å². The van der Waals surface area contributed by atoms with Crippen LogP contribution in [-0.4, -0.2) is 18.1 Å². The molecule has 9 heteroatoms. The summed E-state index contributed by atoms with van der Waals surface area (Å²) in [6.45, 7) is 2.50. The summed E-state index contributed by atoms with van der Waals surface area (Å²) in [5, 5.41) is 10.4. The van der Waals surface area contributed by atoms with Crippen LogP contribution in [0.2, 0.25) is 0 Å². The fourth-order valence-corrected chi connectivity index (χ4v) is 3.82. The van der Waals surface area contributed by atoms with E-state index in [0.29, 0.717) is 11.1 Å². The molecule has 0 radical (unpaired) electrons. The van der Waals surface area contributed by atoms with E-state index >= 15 is 0 Å². The van der Waals surface area contributed by atoms with Crippen molar-refractivity contribution in [1.29, 1.82) is 0 Å². The van der Waals surface area contributed by atoms with Crippen LogP contribution in [0.25, 0.3) is 0 Å². The molecule has 0 saturated carbocycles. The smallest absolute Gasteiger partial charge is 0.790 e. The number of hydrogen-bond donors (Lipinski definition) is 0. The Morgan fingerprint density at radius 3 is 2.04 bits per heavy atom. The fourth-order valence-electron chi connectivity index (χ4n) is 2.38. The van der Waals surface area contributed by atoms with Crippen molar-refractivity contribution in [3.05, 3.63) is 59.2 Å². The molecule has 0 bridgehead atoms. The SMILES string of the molecule is Cc1cc(OCC(=O)[O-])cc(C)c1C(=O)P(=O)([O-])c1ccccc1.[HH].[HH].[HH].[Na+].[Na+]. The van der Waals surface area contributed by atoms with Crippen molar-refractivity contribution < 1.29 is 92.3 Å². The Morgan fingerprint density at radius 1 is 1.08 bits per heavy atom. The number of hydrogen-bond acceptors (Lipinski definition) is 6. The zero-order valence-corrected chi connectivity index (χ0v) is 20.0. The molecule has 2 aromatic rings. The Hall–Kier alpha value is -0.430.